The molecule has 64 heavy (non-hydrogen) atoms. The van der Waals surface area contributed by atoms with Crippen LogP contribution in [0.5, 0.6) is 23.0 Å². The van der Waals surface area contributed by atoms with Gasteiger partial charge in [0.25, 0.3) is 0 Å². The van der Waals surface area contributed by atoms with Gasteiger partial charge in [-0.25, -0.2) is 0 Å². The molecule has 13 rings (SSSR count). The summed E-state index contributed by atoms with van der Waals surface area (Å²) in [5.41, 5.74) is 6.91. The minimum atomic E-state index is -2.79. The fraction of sp³-hybridized carbons (Fsp3) is 0.231. The second-order valence-electron chi connectivity index (χ2n) is 16.9. The zero-order chi connectivity index (χ0) is 43.4. The Balaban J connectivity index is 0.000000415. The number of rotatable bonds is 4. The molecule has 8 aromatic rings. The predicted molar refractivity (Wildman–Crippen MR) is 253 cm³/mol. The van der Waals surface area contributed by atoms with E-state index in [1.54, 1.807) is 0 Å². The van der Waals surface area contributed by atoms with Crippen LogP contribution in [0.25, 0.3) is 65.3 Å². The summed E-state index contributed by atoms with van der Waals surface area (Å²) in [7, 11) is 0. The molecular weight excluding hydrogens is 802 g/mol. The van der Waals surface area contributed by atoms with Crippen molar-refractivity contribution in [3.05, 3.63) is 144 Å². The lowest BCUT2D eigenvalue weighted by atomic mass is 9.83. The van der Waals surface area contributed by atoms with Crippen molar-refractivity contribution in [3.8, 4) is 45.3 Å². The van der Waals surface area contributed by atoms with Crippen LogP contribution in [0.1, 0.15) is 49.9 Å². The largest absolute Gasteiger partial charge is 0.652 e. The van der Waals surface area contributed by atoms with E-state index in [2.05, 4.69) is 111 Å². The molecule has 0 fully saturated rings. The lowest BCUT2D eigenvalue weighted by molar-refractivity contribution is -0.648. The molecule has 324 valence electrons. The number of fused-ring (bicyclic) bond motifs is 10. The Bertz CT molecular complexity index is 2710. The van der Waals surface area contributed by atoms with E-state index in [0.717, 1.165) is 87.6 Å². The summed E-state index contributed by atoms with van der Waals surface area (Å²) >= 11 is 0. The monoisotopic (exact) mass is 854 g/mol. The van der Waals surface area contributed by atoms with Crippen LogP contribution >= 0.6 is 0 Å². The average Bonchev–Trinajstić information content (AvgIpc) is 3.33. The van der Waals surface area contributed by atoms with Crippen molar-refractivity contribution >= 4 is 57.0 Å². The van der Waals surface area contributed by atoms with Crippen molar-refractivity contribution < 1.29 is 47.9 Å². The highest BCUT2D eigenvalue weighted by molar-refractivity contribution is 6.57. The van der Waals surface area contributed by atoms with Crippen LogP contribution in [0.3, 0.4) is 0 Å². The molecule has 0 saturated carbocycles. The maximum Gasteiger partial charge on any atom is 0.652 e. The van der Waals surface area contributed by atoms with Crippen LogP contribution in [0, 0.1) is 0 Å². The fourth-order valence-electron chi connectivity index (χ4n) is 9.85. The van der Waals surface area contributed by atoms with Crippen LogP contribution in [-0.4, -0.2) is 40.1 Å². The third-order valence-electron chi connectivity index (χ3n) is 12.8. The summed E-state index contributed by atoms with van der Waals surface area (Å²) in [6, 6.07) is 41.7. The molecular formula is C52H52B2N2O8. The molecule has 10 nitrogen and oxygen atoms in total. The molecule has 8 aromatic carbocycles. The van der Waals surface area contributed by atoms with E-state index in [1.165, 1.54) is 26.2 Å². The highest BCUT2D eigenvalue weighted by Crippen LogP contribution is 2.56. The van der Waals surface area contributed by atoms with Crippen molar-refractivity contribution in [2.45, 2.75) is 54.1 Å². The highest BCUT2D eigenvalue weighted by atomic mass is 16.9. The van der Waals surface area contributed by atoms with E-state index >= 15 is 0 Å². The maximum atomic E-state index is 7.10. The number of quaternary nitrogens is 2. The number of nitrogens with two attached hydrogens (primary N) is 2. The van der Waals surface area contributed by atoms with E-state index in [-0.39, 0.29) is 26.4 Å². The summed E-state index contributed by atoms with van der Waals surface area (Å²) in [6.45, 7) is 8.79. The topological polar surface area (TPSA) is 107 Å². The van der Waals surface area contributed by atoms with Gasteiger partial charge in [0, 0.05) is 70.9 Å². The van der Waals surface area contributed by atoms with Gasteiger partial charge in [-0.2, -0.15) is 0 Å². The Morgan fingerprint density at radius 2 is 0.594 bits per heavy atom. The van der Waals surface area contributed by atoms with E-state index in [4.69, 9.17) is 37.2 Å². The van der Waals surface area contributed by atoms with Gasteiger partial charge >= 0.3 is 13.9 Å². The fourth-order valence-corrected chi connectivity index (χ4v) is 9.85. The van der Waals surface area contributed by atoms with Gasteiger partial charge < -0.3 is 47.9 Å². The van der Waals surface area contributed by atoms with Gasteiger partial charge in [0.05, 0.1) is 49.2 Å². The first-order valence-corrected chi connectivity index (χ1v) is 22.9. The van der Waals surface area contributed by atoms with Crippen molar-refractivity contribution in [1.82, 2.24) is 0 Å². The van der Waals surface area contributed by atoms with Gasteiger partial charge in [-0.1, -0.05) is 97.1 Å². The van der Waals surface area contributed by atoms with Crippen LogP contribution in [-0.2, 0) is 45.0 Å². The van der Waals surface area contributed by atoms with E-state index in [1.807, 2.05) is 48.5 Å². The quantitative estimate of drug-likeness (QED) is 0.169. The third kappa shape index (κ3) is 6.75. The van der Waals surface area contributed by atoms with E-state index in [9.17, 15) is 0 Å². The lowest BCUT2D eigenvalue weighted by Gasteiger charge is -2.51. The first-order valence-electron chi connectivity index (χ1n) is 22.9. The molecule has 0 amide bonds. The van der Waals surface area contributed by atoms with Crippen LogP contribution < -0.4 is 29.3 Å². The Kier molecular flexibility index (Phi) is 10.5. The average molecular weight is 855 g/mol. The molecule has 5 aliphatic heterocycles. The molecule has 0 saturated heterocycles. The molecule has 0 unspecified atom stereocenters. The van der Waals surface area contributed by atoms with Crippen LogP contribution in [0.15, 0.2) is 121 Å². The Morgan fingerprint density at radius 1 is 0.359 bits per heavy atom. The first-order chi connectivity index (χ1) is 31.5. The van der Waals surface area contributed by atoms with Crippen molar-refractivity contribution in [3.63, 3.8) is 0 Å². The molecule has 0 aliphatic carbocycles. The van der Waals surface area contributed by atoms with Crippen molar-refractivity contribution in [1.29, 1.82) is 0 Å². The summed E-state index contributed by atoms with van der Waals surface area (Å²) in [4.78, 5) is 0. The molecule has 12 heteroatoms. The van der Waals surface area contributed by atoms with Gasteiger partial charge in [-0.3, -0.25) is 0 Å². The second-order valence-corrected chi connectivity index (χ2v) is 16.9. The zero-order valence-electron chi connectivity index (χ0n) is 36.8. The van der Waals surface area contributed by atoms with Gasteiger partial charge in [0.1, 0.15) is 0 Å². The molecule has 5 aliphatic rings. The van der Waals surface area contributed by atoms with Crippen LogP contribution in [0.4, 0.5) is 0 Å². The molecule has 4 N–H and O–H groups in total. The van der Waals surface area contributed by atoms with Gasteiger partial charge in [-0.15, -0.1) is 0 Å². The summed E-state index contributed by atoms with van der Waals surface area (Å²) in [5.74, 6) is 2.49. The number of benzene rings is 8. The Hall–Kier alpha value is -6.11. The van der Waals surface area contributed by atoms with Gasteiger partial charge in [-0.05, 0) is 95.1 Å². The molecule has 6 bridgehead atoms. The van der Waals surface area contributed by atoms with E-state index in [0.29, 0.717) is 23.0 Å². The second kappa shape index (κ2) is 16.5. The summed E-state index contributed by atoms with van der Waals surface area (Å²) < 4.78 is 54.8. The predicted octanol–water partition coefficient (Wildman–Crippen LogP) is 9.03. The molecule has 2 spiro atoms. The summed E-state index contributed by atoms with van der Waals surface area (Å²) in [6.07, 6.45) is 0. The molecule has 0 radical (unpaired) electrons. The van der Waals surface area contributed by atoms with Crippen molar-refractivity contribution in [2.24, 2.45) is 0 Å². The minimum absolute atomic E-state index is 0.214. The van der Waals surface area contributed by atoms with Gasteiger partial charge in [0.15, 0.2) is 0 Å². The number of hydrogen-bond acceptors (Lipinski definition) is 8. The Labute approximate surface area is 372 Å². The van der Waals surface area contributed by atoms with Gasteiger partial charge in [0.2, 0.25) is 0 Å². The SMILES string of the molecule is CC[NH2+]CC.CC[NH2+]CC.c1ccc2c3c4c(cc2c1)CO[B-]1(OCc2cc5ccccc5c(c2O1)-c1c2c(cc5ccccc15)CO[B-]1(OCc5cc6ccccc6c-3c5O1)O2)O4. The van der Waals surface area contributed by atoms with Crippen molar-refractivity contribution in [2.75, 3.05) is 26.2 Å². The minimum Gasteiger partial charge on any atom is -0.634 e. The third-order valence-corrected chi connectivity index (χ3v) is 12.8. The molecule has 0 aromatic heterocycles. The molecule has 0 atom stereocenters. The zero-order valence-corrected chi connectivity index (χ0v) is 36.8. The Morgan fingerprint density at radius 3 is 0.812 bits per heavy atom. The number of hydrogen-bond donors (Lipinski definition) is 2. The smallest absolute Gasteiger partial charge is 0.634 e. The molecule has 5 heterocycles. The standard InChI is InChI=1S/C44H28B2O8.2C4H11N/c1-5-13-33-25(9-1)17-29-21-47-45-48-23-31-19-27-11-3-7-15-35(27)39(43(31)53-45)40-36-16-8-4-12-28(36)20-32-24-50-46(54-44(32)40)49-22-30-18-26-10-2-6-14-34(26)38(42(30)52-46)37(33)41(29)51-45;2*1-3-5-4-2/h1-20H,21-24H2;2*5H,3-4H2,1-2H3/q-2;;/p+2. The van der Waals surface area contributed by atoms with E-state index < -0.39 is 13.9 Å². The highest BCUT2D eigenvalue weighted by Gasteiger charge is 2.49. The lowest BCUT2D eigenvalue weighted by Crippen LogP contribution is -2.82. The van der Waals surface area contributed by atoms with Crippen LogP contribution in [0.2, 0.25) is 0 Å². The summed E-state index contributed by atoms with van der Waals surface area (Å²) in [5, 5.41) is 12.6. The maximum absolute atomic E-state index is 7.10. The normalized spacial score (nSPS) is 16.4. The first kappa shape index (κ1) is 40.7.